The van der Waals surface area contributed by atoms with Gasteiger partial charge in [0, 0.05) is 19.2 Å². The van der Waals surface area contributed by atoms with E-state index in [9.17, 15) is 15.4 Å². The fourth-order valence-corrected chi connectivity index (χ4v) is 3.40. The standard InChI is InChI=1S/C20H17N5O2/c21-13-15(20-22-16-5-1-2-6-17(16)23-20)11-14-7-8-18(19(12-14)25(26)27)24-9-3-4-10-24/h1-2,5-8,11-12H,3-4,9-10H2,(H,22,23)/b15-11-. The minimum absolute atomic E-state index is 0.0625. The monoisotopic (exact) mass is 359 g/mol. The maximum absolute atomic E-state index is 11.5. The van der Waals surface area contributed by atoms with Crippen LogP contribution >= 0.6 is 0 Å². The van der Waals surface area contributed by atoms with Crippen LogP contribution in [0.1, 0.15) is 24.2 Å². The summed E-state index contributed by atoms with van der Waals surface area (Å²) >= 11 is 0. The third-order valence-electron chi connectivity index (χ3n) is 4.72. The predicted octanol–water partition coefficient (Wildman–Crippen LogP) is 4.14. The molecule has 134 valence electrons. The number of fused-ring (bicyclic) bond motifs is 1. The molecule has 1 aliphatic rings. The second-order valence-electron chi connectivity index (χ2n) is 6.47. The van der Waals surface area contributed by atoms with E-state index in [1.54, 1.807) is 18.2 Å². The number of aromatic nitrogens is 2. The molecule has 0 spiro atoms. The molecule has 27 heavy (non-hydrogen) atoms. The van der Waals surface area contributed by atoms with Gasteiger partial charge in [-0.05, 0) is 42.7 Å². The second kappa shape index (κ2) is 6.92. The summed E-state index contributed by atoms with van der Waals surface area (Å²) in [6.07, 6.45) is 3.71. The Bertz CT molecular complexity index is 1050. The van der Waals surface area contributed by atoms with Crippen molar-refractivity contribution in [1.82, 2.24) is 9.97 Å². The lowest BCUT2D eigenvalue weighted by Gasteiger charge is -2.17. The maximum Gasteiger partial charge on any atom is 0.293 e. The third kappa shape index (κ3) is 3.25. The van der Waals surface area contributed by atoms with E-state index < -0.39 is 0 Å². The van der Waals surface area contributed by atoms with Crippen LogP contribution in [0.15, 0.2) is 42.5 Å². The van der Waals surface area contributed by atoms with Gasteiger partial charge in [-0.25, -0.2) is 4.98 Å². The number of anilines is 1. The highest BCUT2D eigenvalue weighted by Gasteiger charge is 2.22. The van der Waals surface area contributed by atoms with Crippen molar-refractivity contribution in [3.8, 4) is 6.07 Å². The summed E-state index contributed by atoms with van der Waals surface area (Å²) in [4.78, 5) is 20.8. The maximum atomic E-state index is 11.5. The Balaban J connectivity index is 1.74. The van der Waals surface area contributed by atoms with E-state index >= 15 is 0 Å². The molecular weight excluding hydrogens is 342 g/mol. The number of aromatic amines is 1. The molecule has 3 aromatic rings. The zero-order valence-corrected chi connectivity index (χ0v) is 14.6. The van der Waals surface area contributed by atoms with Gasteiger partial charge in [-0.15, -0.1) is 0 Å². The van der Waals surface area contributed by atoms with Gasteiger partial charge in [-0.1, -0.05) is 18.2 Å². The molecule has 0 amide bonds. The highest BCUT2D eigenvalue weighted by molar-refractivity contribution is 5.90. The van der Waals surface area contributed by atoms with Crippen LogP contribution in [0.4, 0.5) is 11.4 Å². The van der Waals surface area contributed by atoms with Gasteiger partial charge in [0.2, 0.25) is 0 Å². The van der Waals surface area contributed by atoms with E-state index in [-0.39, 0.29) is 10.6 Å². The van der Waals surface area contributed by atoms with Crippen molar-refractivity contribution in [2.45, 2.75) is 12.8 Å². The molecule has 1 aromatic heterocycles. The number of hydrogen-bond donors (Lipinski definition) is 1. The quantitative estimate of drug-likeness (QED) is 0.429. The zero-order valence-electron chi connectivity index (χ0n) is 14.6. The number of rotatable bonds is 4. The molecule has 0 bridgehead atoms. The summed E-state index contributed by atoms with van der Waals surface area (Å²) in [5.74, 6) is 0.449. The van der Waals surface area contributed by atoms with Gasteiger partial charge >= 0.3 is 0 Å². The first-order valence-corrected chi connectivity index (χ1v) is 8.76. The molecule has 1 N–H and O–H groups in total. The SMILES string of the molecule is N#C/C(=C/c1ccc(N2CCCC2)c([N+](=O)[O-])c1)c1nc2ccccc2[nH]1. The topological polar surface area (TPSA) is 98.8 Å². The Hall–Kier alpha value is -3.66. The van der Waals surface area contributed by atoms with E-state index in [4.69, 9.17) is 0 Å². The molecular formula is C20H17N5O2. The molecule has 1 fully saturated rings. The highest BCUT2D eigenvalue weighted by Crippen LogP contribution is 2.32. The normalized spacial score (nSPS) is 14.5. The number of hydrogen-bond acceptors (Lipinski definition) is 5. The molecule has 0 aliphatic carbocycles. The number of H-pyrrole nitrogens is 1. The molecule has 4 rings (SSSR count). The van der Waals surface area contributed by atoms with Crippen molar-refractivity contribution in [1.29, 1.82) is 5.26 Å². The van der Waals surface area contributed by atoms with E-state index in [2.05, 4.69) is 16.0 Å². The lowest BCUT2D eigenvalue weighted by molar-refractivity contribution is -0.384. The summed E-state index contributed by atoms with van der Waals surface area (Å²) in [6.45, 7) is 1.66. The molecule has 1 saturated heterocycles. The molecule has 2 heterocycles. The minimum Gasteiger partial charge on any atom is -0.366 e. The summed E-state index contributed by atoms with van der Waals surface area (Å²) in [5.41, 5.74) is 3.23. The summed E-state index contributed by atoms with van der Waals surface area (Å²) in [7, 11) is 0. The van der Waals surface area contributed by atoms with Crippen LogP contribution in [0.25, 0.3) is 22.7 Å². The second-order valence-corrected chi connectivity index (χ2v) is 6.47. The van der Waals surface area contributed by atoms with Gasteiger partial charge in [0.15, 0.2) is 0 Å². The fraction of sp³-hybridized carbons (Fsp3) is 0.200. The van der Waals surface area contributed by atoms with Crippen molar-refractivity contribution < 1.29 is 4.92 Å². The number of imidazole rings is 1. The van der Waals surface area contributed by atoms with Gasteiger partial charge < -0.3 is 9.88 Å². The van der Waals surface area contributed by atoms with E-state index in [0.717, 1.165) is 37.0 Å². The van der Waals surface area contributed by atoms with Crippen LogP contribution in [0.3, 0.4) is 0 Å². The molecule has 0 radical (unpaired) electrons. The average Bonchev–Trinajstić information content (AvgIpc) is 3.35. The van der Waals surface area contributed by atoms with Crippen LogP contribution in [0.5, 0.6) is 0 Å². The summed E-state index contributed by atoms with van der Waals surface area (Å²) in [5, 5.41) is 21.1. The van der Waals surface area contributed by atoms with E-state index in [1.165, 1.54) is 6.07 Å². The number of benzene rings is 2. The molecule has 7 heteroatoms. The number of nitro benzene ring substituents is 1. The summed E-state index contributed by atoms with van der Waals surface area (Å²) in [6, 6.07) is 14.7. The number of allylic oxidation sites excluding steroid dienone is 1. The first-order valence-electron chi connectivity index (χ1n) is 8.76. The van der Waals surface area contributed by atoms with Crippen molar-refractivity contribution in [3.63, 3.8) is 0 Å². The number of nitrogens with zero attached hydrogens (tertiary/aromatic N) is 4. The van der Waals surface area contributed by atoms with Crippen molar-refractivity contribution >= 4 is 34.1 Å². The zero-order chi connectivity index (χ0) is 18.8. The minimum atomic E-state index is -0.363. The Morgan fingerprint density at radius 2 is 2.04 bits per heavy atom. The van der Waals surface area contributed by atoms with Gasteiger partial charge in [-0.2, -0.15) is 5.26 Å². The third-order valence-corrected chi connectivity index (χ3v) is 4.72. The first-order chi connectivity index (χ1) is 13.2. The number of nitriles is 1. The smallest absolute Gasteiger partial charge is 0.293 e. The Morgan fingerprint density at radius 3 is 2.74 bits per heavy atom. The summed E-state index contributed by atoms with van der Waals surface area (Å²) < 4.78 is 0. The van der Waals surface area contributed by atoms with Gasteiger partial charge in [0.25, 0.3) is 5.69 Å². The average molecular weight is 359 g/mol. The first kappa shape index (κ1) is 16.8. The van der Waals surface area contributed by atoms with Crippen molar-refractivity contribution in [3.05, 3.63) is 64.0 Å². The number of nitro groups is 1. The largest absolute Gasteiger partial charge is 0.366 e. The Labute approximate surface area is 155 Å². The predicted molar refractivity (Wildman–Crippen MR) is 104 cm³/mol. The molecule has 7 nitrogen and oxygen atoms in total. The lowest BCUT2D eigenvalue weighted by atomic mass is 10.1. The highest BCUT2D eigenvalue weighted by atomic mass is 16.6. The number of para-hydroxylation sites is 2. The van der Waals surface area contributed by atoms with Crippen LogP contribution in [-0.4, -0.2) is 28.0 Å². The Morgan fingerprint density at radius 1 is 1.26 bits per heavy atom. The Kier molecular flexibility index (Phi) is 4.30. The van der Waals surface area contributed by atoms with Gasteiger partial charge in [0.05, 0.1) is 21.5 Å². The molecule has 0 unspecified atom stereocenters. The number of nitrogens with one attached hydrogen (secondary N) is 1. The lowest BCUT2D eigenvalue weighted by Crippen LogP contribution is -2.18. The van der Waals surface area contributed by atoms with Crippen LogP contribution < -0.4 is 4.90 Å². The van der Waals surface area contributed by atoms with Crippen LogP contribution in [-0.2, 0) is 0 Å². The molecule has 0 atom stereocenters. The van der Waals surface area contributed by atoms with Crippen LogP contribution in [0.2, 0.25) is 0 Å². The van der Waals surface area contributed by atoms with Crippen LogP contribution in [0, 0.1) is 21.4 Å². The fourth-order valence-electron chi connectivity index (χ4n) is 3.40. The van der Waals surface area contributed by atoms with E-state index in [1.807, 2.05) is 29.2 Å². The van der Waals surface area contributed by atoms with Gasteiger partial charge in [0.1, 0.15) is 17.6 Å². The molecule has 1 aliphatic heterocycles. The van der Waals surface area contributed by atoms with Crippen molar-refractivity contribution in [2.75, 3.05) is 18.0 Å². The van der Waals surface area contributed by atoms with Gasteiger partial charge in [-0.3, -0.25) is 10.1 Å². The van der Waals surface area contributed by atoms with Crippen molar-refractivity contribution in [2.24, 2.45) is 0 Å². The van der Waals surface area contributed by atoms with E-state index in [0.29, 0.717) is 22.6 Å². The molecule has 2 aromatic carbocycles. The molecule has 0 saturated carbocycles.